The Morgan fingerprint density at radius 3 is 1.56 bits per heavy atom. The third-order valence-electron chi connectivity index (χ3n) is 7.95. The highest BCUT2D eigenvalue weighted by Crippen LogP contribution is 2.44. The molecule has 4 rings (SSSR count). The van der Waals surface area contributed by atoms with E-state index < -0.39 is 11.6 Å². The van der Waals surface area contributed by atoms with Crippen molar-refractivity contribution in [3.05, 3.63) is 35.4 Å². The lowest BCUT2D eigenvalue weighted by Crippen LogP contribution is -2.26. The lowest BCUT2D eigenvalue weighted by atomic mass is 9.68. The van der Waals surface area contributed by atoms with Gasteiger partial charge in [-0.1, -0.05) is 57.4 Å². The Hall–Kier alpha value is -0.920. The number of benzene rings is 1. The predicted octanol–water partition coefficient (Wildman–Crippen LogP) is 7.70. The Morgan fingerprint density at radius 1 is 0.593 bits per heavy atom. The standard InChI is InChI=1S/C25H36F2/c26-24-16-11-21(17-25(24)27)6-5-20-9-14-23(15-10-20)22-12-7-19(8-13-22)4-3-18-1-2-18/h11,16-20,22-23H,1-10,12-15H2. The first-order chi connectivity index (χ1) is 13.2. The third-order valence-corrected chi connectivity index (χ3v) is 7.95. The van der Waals surface area contributed by atoms with E-state index in [9.17, 15) is 8.78 Å². The van der Waals surface area contributed by atoms with Gasteiger partial charge < -0.3 is 0 Å². The van der Waals surface area contributed by atoms with Crippen molar-refractivity contribution in [3.8, 4) is 0 Å². The molecule has 0 aliphatic heterocycles. The van der Waals surface area contributed by atoms with Crippen molar-refractivity contribution in [2.75, 3.05) is 0 Å². The first-order valence-corrected chi connectivity index (χ1v) is 11.6. The summed E-state index contributed by atoms with van der Waals surface area (Å²) in [5, 5.41) is 0. The number of rotatable bonds is 7. The van der Waals surface area contributed by atoms with Crippen molar-refractivity contribution in [1.82, 2.24) is 0 Å². The highest BCUT2D eigenvalue weighted by molar-refractivity contribution is 5.17. The van der Waals surface area contributed by atoms with Crippen LogP contribution in [0, 0.1) is 41.2 Å². The molecule has 1 aromatic carbocycles. The maximum Gasteiger partial charge on any atom is 0.159 e. The molecule has 0 heterocycles. The van der Waals surface area contributed by atoms with E-state index >= 15 is 0 Å². The van der Waals surface area contributed by atoms with E-state index in [1.807, 2.05) is 0 Å². The molecule has 0 atom stereocenters. The third kappa shape index (κ3) is 5.55. The summed E-state index contributed by atoms with van der Waals surface area (Å²) in [7, 11) is 0. The summed E-state index contributed by atoms with van der Waals surface area (Å²) in [6.45, 7) is 0. The van der Waals surface area contributed by atoms with Crippen molar-refractivity contribution in [2.45, 2.75) is 89.9 Å². The van der Waals surface area contributed by atoms with Gasteiger partial charge in [-0.15, -0.1) is 0 Å². The van der Waals surface area contributed by atoms with E-state index in [1.54, 1.807) is 6.07 Å². The Morgan fingerprint density at radius 2 is 1.07 bits per heavy atom. The molecule has 150 valence electrons. The summed E-state index contributed by atoms with van der Waals surface area (Å²) < 4.78 is 26.4. The Bertz CT molecular complexity index is 590. The van der Waals surface area contributed by atoms with Gasteiger partial charge in [-0.25, -0.2) is 8.78 Å². The van der Waals surface area contributed by atoms with Crippen LogP contribution in [0.1, 0.15) is 89.0 Å². The quantitative estimate of drug-likeness (QED) is 0.458. The fourth-order valence-corrected chi connectivity index (χ4v) is 5.84. The zero-order chi connectivity index (χ0) is 18.6. The van der Waals surface area contributed by atoms with Gasteiger partial charge in [0, 0.05) is 0 Å². The molecular formula is C25H36F2. The minimum absolute atomic E-state index is 0.705. The van der Waals surface area contributed by atoms with Gasteiger partial charge in [0.1, 0.15) is 0 Å². The van der Waals surface area contributed by atoms with Gasteiger partial charge in [0.25, 0.3) is 0 Å². The monoisotopic (exact) mass is 374 g/mol. The van der Waals surface area contributed by atoms with Crippen molar-refractivity contribution in [1.29, 1.82) is 0 Å². The Balaban J connectivity index is 1.14. The topological polar surface area (TPSA) is 0 Å². The molecule has 1 aromatic rings. The van der Waals surface area contributed by atoms with Crippen molar-refractivity contribution < 1.29 is 8.78 Å². The van der Waals surface area contributed by atoms with E-state index in [-0.39, 0.29) is 0 Å². The minimum Gasteiger partial charge on any atom is -0.204 e. The molecule has 3 fully saturated rings. The summed E-state index contributed by atoms with van der Waals surface area (Å²) in [6.07, 6.45) is 19.5. The molecule has 0 N–H and O–H groups in total. The van der Waals surface area contributed by atoms with Gasteiger partial charge in [-0.2, -0.15) is 0 Å². The highest BCUT2D eigenvalue weighted by atomic mass is 19.2. The van der Waals surface area contributed by atoms with Gasteiger partial charge in [0.05, 0.1) is 0 Å². The second kappa shape index (κ2) is 9.05. The second-order valence-corrected chi connectivity index (χ2v) is 9.87. The normalized spacial score (nSPS) is 31.8. The first-order valence-electron chi connectivity index (χ1n) is 11.6. The highest BCUT2D eigenvalue weighted by Gasteiger charge is 2.31. The lowest BCUT2D eigenvalue weighted by molar-refractivity contribution is 0.140. The Labute approximate surface area is 164 Å². The fraction of sp³-hybridized carbons (Fsp3) is 0.760. The van der Waals surface area contributed by atoms with Crippen LogP contribution in [0.3, 0.4) is 0 Å². The fourth-order valence-electron chi connectivity index (χ4n) is 5.84. The average Bonchev–Trinajstić information content (AvgIpc) is 3.53. The van der Waals surface area contributed by atoms with E-state index in [0.717, 1.165) is 48.0 Å². The van der Waals surface area contributed by atoms with Gasteiger partial charge in [-0.05, 0) is 85.8 Å². The molecule has 0 radical (unpaired) electrons. The molecule has 3 aliphatic rings. The molecule has 0 spiro atoms. The summed E-state index contributed by atoms with van der Waals surface area (Å²) in [5.74, 6) is 3.44. The van der Waals surface area contributed by atoms with Crippen LogP contribution in [0.25, 0.3) is 0 Å². The van der Waals surface area contributed by atoms with Crippen LogP contribution in [0.5, 0.6) is 0 Å². The van der Waals surface area contributed by atoms with E-state index in [1.165, 1.54) is 89.2 Å². The SMILES string of the molecule is Fc1ccc(CCC2CCC(C3CCC(CCC4CC4)CC3)CC2)cc1F. The molecule has 0 unspecified atom stereocenters. The summed E-state index contributed by atoms with van der Waals surface area (Å²) in [4.78, 5) is 0. The largest absolute Gasteiger partial charge is 0.204 e. The molecule has 0 bridgehead atoms. The van der Waals surface area contributed by atoms with E-state index in [0.29, 0.717) is 0 Å². The van der Waals surface area contributed by atoms with Crippen molar-refractivity contribution >= 4 is 0 Å². The number of aryl methyl sites for hydroxylation is 1. The Kier molecular flexibility index (Phi) is 6.50. The van der Waals surface area contributed by atoms with Gasteiger partial charge in [0.15, 0.2) is 11.6 Å². The van der Waals surface area contributed by atoms with Crippen LogP contribution in [-0.4, -0.2) is 0 Å². The van der Waals surface area contributed by atoms with Crippen LogP contribution in [0.4, 0.5) is 8.78 Å². The molecule has 0 nitrogen and oxygen atoms in total. The number of halogens is 2. The van der Waals surface area contributed by atoms with Crippen LogP contribution < -0.4 is 0 Å². The predicted molar refractivity (Wildman–Crippen MR) is 108 cm³/mol. The lowest BCUT2D eigenvalue weighted by Gasteiger charge is -2.38. The van der Waals surface area contributed by atoms with Crippen molar-refractivity contribution in [2.24, 2.45) is 29.6 Å². The summed E-state index contributed by atoms with van der Waals surface area (Å²) in [6, 6.07) is 4.39. The van der Waals surface area contributed by atoms with E-state index in [4.69, 9.17) is 0 Å². The number of hydrogen-bond acceptors (Lipinski definition) is 0. The number of hydrogen-bond donors (Lipinski definition) is 0. The van der Waals surface area contributed by atoms with Gasteiger partial charge in [-0.3, -0.25) is 0 Å². The van der Waals surface area contributed by atoms with Crippen LogP contribution in [-0.2, 0) is 6.42 Å². The summed E-state index contributed by atoms with van der Waals surface area (Å²) in [5.41, 5.74) is 0.945. The zero-order valence-corrected chi connectivity index (χ0v) is 16.8. The van der Waals surface area contributed by atoms with Gasteiger partial charge >= 0.3 is 0 Å². The molecule has 2 heteroatoms. The van der Waals surface area contributed by atoms with Crippen LogP contribution in [0.15, 0.2) is 18.2 Å². The van der Waals surface area contributed by atoms with Crippen LogP contribution >= 0.6 is 0 Å². The molecule has 0 saturated heterocycles. The van der Waals surface area contributed by atoms with Crippen molar-refractivity contribution in [3.63, 3.8) is 0 Å². The molecule has 3 saturated carbocycles. The maximum absolute atomic E-state index is 13.3. The minimum atomic E-state index is -0.735. The molecule has 27 heavy (non-hydrogen) atoms. The maximum atomic E-state index is 13.3. The summed E-state index contributed by atoms with van der Waals surface area (Å²) >= 11 is 0. The van der Waals surface area contributed by atoms with Crippen LogP contribution in [0.2, 0.25) is 0 Å². The molecular weight excluding hydrogens is 338 g/mol. The second-order valence-electron chi connectivity index (χ2n) is 9.87. The smallest absolute Gasteiger partial charge is 0.159 e. The van der Waals surface area contributed by atoms with Gasteiger partial charge in [0.2, 0.25) is 0 Å². The average molecular weight is 375 g/mol. The zero-order valence-electron chi connectivity index (χ0n) is 16.8. The molecule has 0 aromatic heterocycles. The first kappa shape index (κ1) is 19.4. The molecule has 0 amide bonds. The molecule has 3 aliphatic carbocycles. The van der Waals surface area contributed by atoms with E-state index in [2.05, 4.69) is 0 Å².